The van der Waals surface area contributed by atoms with Crippen LogP contribution in [0.15, 0.2) is 21.5 Å². The predicted molar refractivity (Wildman–Crippen MR) is 82.5 cm³/mol. The lowest BCUT2D eigenvalue weighted by molar-refractivity contribution is -0.117. The van der Waals surface area contributed by atoms with Crippen LogP contribution in [0.2, 0.25) is 0 Å². The van der Waals surface area contributed by atoms with Crippen molar-refractivity contribution in [1.82, 2.24) is 9.88 Å². The van der Waals surface area contributed by atoms with E-state index in [9.17, 15) is 9.59 Å². The monoisotopic (exact) mass is 365 g/mol. The van der Waals surface area contributed by atoms with Gasteiger partial charge in [0.1, 0.15) is 0 Å². The summed E-state index contributed by atoms with van der Waals surface area (Å²) in [7, 11) is 1.64. The number of halogens is 2. The van der Waals surface area contributed by atoms with E-state index in [2.05, 4.69) is 26.6 Å². The molecule has 1 fully saturated rings. The van der Waals surface area contributed by atoms with E-state index >= 15 is 0 Å². The molecule has 1 aliphatic rings. The molecule has 0 spiro atoms. The first-order chi connectivity index (χ1) is 9.06. The van der Waals surface area contributed by atoms with Crippen LogP contribution in [0.4, 0.5) is 5.69 Å². The highest BCUT2D eigenvalue weighted by Crippen LogP contribution is 2.12. The Labute approximate surface area is 131 Å². The molecule has 6 nitrogen and oxygen atoms in total. The molecule has 0 aromatic carbocycles. The number of pyridine rings is 1. The SMILES string of the molecule is Cl.Cn1cc(NC(=O)CC2COCCN2)cc(Br)c1=O. The van der Waals surface area contributed by atoms with Crippen molar-refractivity contribution in [2.24, 2.45) is 7.05 Å². The largest absolute Gasteiger partial charge is 0.378 e. The molecule has 1 amide bonds. The third kappa shape index (κ3) is 4.59. The molecule has 1 aliphatic heterocycles. The maximum atomic E-state index is 11.9. The molecule has 112 valence electrons. The maximum Gasteiger partial charge on any atom is 0.264 e. The number of aryl methyl sites for hydroxylation is 1. The molecule has 1 unspecified atom stereocenters. The second kappa shape index (κ2) is 7.78. The number of carbonyl (C=O) groups excluding carboxylic acids is 1. The number of nitrogens with one attached hydrogen (secondary N) is 2. The Bertz CT molecular complexity index is 503. The minimum Gasteiger partial charge on any atom is -0.378 e. The number of rotatable bonds is 3. The molecule has 20 heavy (non-hydrogen) atoms. The summed E-state index contributed by atoms with van der Waals surface area (Å²) in [6.45, 7) is 2.00. The van der Waals surface area contributed by atoms with Gasteiger partial charge < -0.3 is 19.9 Å². The first-order valence-electron chi connectivity index (χ1n) is 6.03. The predicted octanol–water partition coefficient (Wildman–Crippen LogP) is 0.887. The van der Waals surface area contributed by atoms with E-state index in [1.54, 1.807) is 19.3 Å². The van der Waals surface area contributed by atoms with Crippen LogP contribution in [0.3, 0.4) is 0 Å². The number of morpholine rings is 1. The average molecular weight is 367 g/mol. The number of aromatic nitrogens is 1. The van der Waals surface area contributed by atoms with Gasteiger partial charge in [-0.15, -0.1) is 12.4 Å². The zero-order valence-corrected chi connectivity index (χ0v) is 13.4. The van der Waals surface area contributed by atoms with Gasteiger partial charge in [0, 0.05) is 32.3 Å². The zero-order valence-electron chi connectivity index (χ0n) is 11.0. The van der Waals surface area contributed by atoms with Gasteiger partial charge in [0.2, 0.25) is 5.91 Å². The van der Waals surface area contributed by atoms with E-state index in [1.807, 2.05) is 0 Å². The average Bonchev–Trinajstić information content (AvgIpc) is 2.37. The Morgan fingerprint density at radius 3 is 3.00 bits per heavy atom. The number of carbonyl (C=O) groups is 1. The second-order valence-corrected chi connectivity index (χ2v) is 5.33. The van der Waals surface area contributed by atoms with Crippen molar-refractivity contribution in [3.63, 3.8) is 0 Å². The van der Waals surface area contributed by atoms with E-state index in [4.69, 9.17) is 4.74 Å². The lowest BCUT2D eigenvalue weighted by Crippen LogP contribution is -2.43. The number of ether oxygens (including phenoxy) is 1. The summed E-state index contributed by atoms with van der Waals surface area (Å²) >= 11 is 3.17. The number of hydrogen-bond acceptors (Lipinski definition) is 4. The Balaban J connectivity index is 0.00000200. The summed E-state index contributed by atoms with van der Waals surface area (Å²) in [6.07, 6.45) is 1.94. The third-order valence-electron chi connectivity index (χ3n) is 2.85. The molecule has 1 atom stereocenters. The quantitative estimate of drug-likeness (QED) is 0.833. The van der Waals surface area contributed by atoms with Gasteiger partial charge in [-0.2, -0.15) is 0 Å². The van der Waals surface area contributed by atoms with Crippen LogP contribution in [0.5, 0.6) is 0 Å². The molecule has 1 aromatic rings. The summed E-state index contributed by atoms with van der Waals surface area (Å²) in [6, 6.07) is 1.65. The molecule has 1 aromatic heterocycles. The van der Waals surface area contributed by atoms with E-state index in [0.717, 1.165) is 6.54 Å². The van der Waals surface area contributed by atoms with Crippen LogP contribution >= 0.6 is 28.3 Å². The van der Waals surface area contributed by atoms with Crippen molar-refractivity contribution in [3.8, 4) is 0 Å². The molecule has 8 heteroatoms. The highest BCUT2D eigenvalue weighted by atomic mass is 79.9. The van der Waals surface area contributed by atoms with Crippen molar-refractivity contribution < 1.29 is 9.53 Å². The molecule has 2 N–H and O–H groups in total. The summed E-state index contributed by atoms with van der Waals surface area (Å²) in [4.78, 5) is 23.4. The highest BCUT2D eigenvalue weighted by Gasteiger charge is 2.17. The van der Waals surface area contributed by atoms with Gasteiger partial charge in [-0.1, -0.05) is 0 Å². The summed E-state index contributed by atoms with van der Waals surface area (Å²) in [5.74, 6) is -0.103. The van der Waals surface area contributed by atoms with Gasteiger partial charge in [-0.3, -0.25) is 9.59 Å². The van der Waals surface area contributed by atoms with Crippen LogP contribution in [-0.2, 0) is 16.6 Å². The van der Waals surface area contributed by atoms with Crippen molar-refractivity contribution in [2.45, 2.75) is 12.5 Å². The second-order valence-electron chi connectivity index (χ2n) is 4.47. The zero-order chi connectivity index (χ0) is 13.8. The van der Waals surface area contributed by atoms with Crippen molar-refractivity contribution in [3.05, 3.63) is 27.1 Å². The van der Waals surface area contributed by atoms with Crippen LogP contribution < -0.4 is 16.2 Å². The highest BCUT2D eigenvalue weighted by molar-refractivity contribution is 9.10. The van der Waals surface area contributed by atoms with Gasteiger partial charge in [-0.25, -0.2) is 0 Å². The van der Waals surface area contributed by atoms with Crippen LogP contribution in [0.1, 0.15) is 6.42 Å². The van der Waals surface area contributed by atoms with E-state index in [0.29, 0.717) is 29.8 Å². The maximum absolute atomic E-state index is 11.9. The first-order valence-corrected chi connectivity index (χ1v) is 6.82. The fourth-order valence-electron chi connectivity index (χ4n) is 1.93. The first kappa shape index (κ1) is 17.2. The summed E-state index contributed by atoms with van der Waals surface area (Å²) in [5, 5.41) is 5.99. The van der Waals surface area contributed by atoms with Crippen molar-refractivity contribution >= 4 is 39.9 Å². The number of hydrogen-bond donors (Lipinski definition) is 2. The van der Waals surface area contributed by atoms with Crippen molar-refractivity contribution in [2.75, 3.05) is 25.1 Å². The minimum absolute atomic E-state index is 0. The van der Waals surface area contributed by atoms with Gasteiger partial charge in [0.15, 0.2) is 0 Å². The van der Waals surface area contributed by atoms with Gasteiger partial charge in [0.25, 0.3) is 5.56 Å². The fraction of sp³-hybridized carbons (Fsp3) is 0.500. The number of nitrogens with zero attached hydrogens (tertiary/aromatic N) is 1. The van der Waals surface area contributed by atoms with Gasteiger partial charge in [-0.05, 0) is 22.0 Å². The molecular weight excluding hydrogens is 350 g/mol. The molecule has 0 saturated carbocycles. The summed E-state index contributed by atoms with van der Waals surface area (Å²) in [5.41, 5.74) is 0.455. The van der Waals surface area contributed by atoms with Crippen LogP contribution in [0, 0.1) is 0 Å². The topological polar surface area (TPSA) is 72.4 Å². The molecule has 1 saturated heterocycles. The minimum atomic E-state index is -0.139. The van der Waals surface area contributed by atoms with Gasteiger partial charge >= 0.3 is 0 Å². The Morgan fingerprint density at radius 1 is 1.65 bits per heavy atom. The number of amides is 1. The normalized spacial score (nSPS) is 18.2. The van der Waals surface area contributed by atoms with Gasteiger partial charge in [0.05, 0.1) is 23.4 Å². The third-order valence-corrected chi connectivity index (χ3v) is 3.42. The smallest absolute Gasteiger partial charge is 0.264 e. The van der Waals surface area contributed by atoms with E-state index in [-0.39, 0.29) is 29.9 Å². The van der Waals surface area contributed by atoms with E-state index < -0.39 is 0 Å². The molecule has 2 rings (SSSR count). The Morgan fingerprint density at radius 2 is 2.40 bits per heavy atom. The lowest BCUT2D eigenvalue weighted by Gasteiger charge is -2.23. The molecule has 0 radical (unpaired) electrons. The van der Waals surface area contributed by atoms with Crippen LogP contribution in [0.25, 0.3) is 0 Å². The molecule has 2 heterocycles. The van der Waals surface area contributed by atoms with E-state index in [1.165, 1.54) is 4.57 Å². The molecule has 0 aliphatic carbocycles. The Kier molecular flexibility index (Phi) is 6.67. The lowest BCUT2D eigenvalue weighted by atomic mass is 10.2. The Hall–Kier alpha value is -0.890. The van der Waals surface area contributed by atoms with Crippen molar-refractivity contribution in [1.29, 1.82) is 0 Å². The summed E-state index contributed by atoms with van der Waals surface area (Å²) < 4.78 is 7.13. The number of anilines is 1. The standard InChI is InChI=1S/C12H16BrN3O3.ClH/c1-16-6-8(4-10(13)12(16)18)15-11(17)5-9-7-19-3-2-14-9;/h4,6,9,14H,2-3,5,7H2,1H3,(H,15,17);1H. The fourth-order valence-corrected chi connectivity index (χ4v) is 2.45. The molecular formula is C12H17BrClN3O3. The molecule has 0 bridgehead atoms. The van der Waals surface area contributed by atoms with Crippen LogP contribution in [-0.4, -0.2) is 36.3 Å².